The molecule has 0 aliphatic carbocycles. The zero-order valence-electron chi connectivity index (χ0n) is 9.19. The van der Waals surface area contributed by atoms with Crippen molar-refractivity contribution in [2.45, 2.75) is 26.7 Å². The lowest BCUT2D eigenvalue weighted by molar-refractivity contribution is -0.137. The Morgan fingerprint density at radius 1 is 1.56 bits per heavy atom. The van der Waals surface area contributed by atoms with E-state index in [1.165, 1.54) is 11.3 Å². The number of rotatable bonds is 5. The third-order valence-corrected chi connectivity index (χ3v) is 2.71. The highest BCUT2D eigenvalue weighted by molar-refractivity contribution is 7.13. The van der Waals surface area contributed by atoms with Crippen LogP contribution in [0, 0.1) is 5.92 Å². The molecule has 16 heavy (non-hydrogen) atoms. The van der Waals surface area contributed by atoms with E-state index in [0.29, 0.717) is 17.2 Å². The van der Waals surface area contributed by atoms with Crippen LogP contribution in [-0.4, -0.2) is 22.0 Å². The highest BCUT2D eigenvalue weighted by Gasteiger charge is 2.10. The molecule has 0 unspecified atom stereocenters. The topological polar surface area (TPSA) is 79.3 Å². The Morgan fingerprint density at radius 2 is 2.25 bits per heavy atom. The van der Waals surface area contributed by atoms with Crippen molar-refractivity contribution in [3.05, 3.63) is 11.1 Å². The molecule has 1 heterocycles. The Labute approximate surface area is 97.5 Å². The fourth-order valence-electron chi connectivity index (χ4n) is 0.964. The number of thiazole rings is 1. The number of hydrogen-bond donors (Lipinski definition) is 2. The molecule has 0 aromatic carbocycles. The molecule has 0 aliphatic heterocycles. The lowest BCUT2D eigenvalue weighted by Crippen LogP contribution is -2.17. The lowest BCUT2D eigenvalue weighted by atomic mass is 10.2. The van der Waals surface area contributed by atoms with Gasteiger partial charge in [0.05, 0.1) is 12.1 Å². The molecule has 1 aromatic rings. The first-order valence-electron chi connectivity index (χ1n) is 4.96. The Balaban J connectivity index is 2.51. The van der Waals surface area contributed by atoms with Gasteiger partial charge in [-0.2, -0.15) is 0 Å². The molecule has 0 fully saturated rings. The fraction of sp³-hybridized carbons (Fsp3) is 0.500. The third-order valence-electron chi connectivity index (χ3n) is 1.90. The third kappa shape index (κ3) is 3.98. The van der Waals surface area contributed by atoms with Gasteiger partial charge < -0.3 is 10.4 Å². The van der Waals surface area contributed by atoms with Crippen molar-refractivity contribution in [2.75, 3.05) is 5.32 Å². The van der Waals surface area contributed by atoms with Gasteiger partial charge in [-0.1, -0.05) is 13.8 Å². The molecular formula is C10H14N2O3S. The monoisotopic (exact) mass is 242 g/mol. The van der Waals surface area contributed by atoms with Gasteiger partial charge in [0.15, 0.2) is 5.13 Å². The standard InChI is InChI=1S/C10H14N2O3S/c1-6(2)9(15)12-10-11-7(5-16-10)3-4-8(13)14/h5-6H,3-4H2,1-2H3,(H,13,14)(H,11,12,15). The number of aryl methyl sites for hydroxylation is 1. The average Bonchev–Trinajstić information content (AvgIpc) is 2.62. The Morgan fingerprint density at radius 3 is 2.81 bits per heavy atom. The molecule has 2 N–H and O–H groups in total. The van der Waals surface area contributed by atoms with Crippen molar-refractivity contribution in [1.82, 2.24) is 4.98 Å². The summed E-state index contributed by atoms with van der Waals surface area (Å²) < 4.78 is 0. The molecule has 0 atom stereocenters. The number of carbonyl (C=O) groups excluding carboxylic acids is 1. The van der Waals surface area contributed by atoms with E-state index >= 15 is 0 Å². The van der Waals surface area contributed by atoms with E-state index in [9.17, 15) is 9.59 Å². The predicted octanol–water partition coefficient (Wildman–Crippen LogP) is 1.75. The van der Waals surface area contributed by atoms with Crippen molar-refractivity contribution in [2.24, 2.45) is 5.92 Å². The maximum Gasteiger partial charge on any atom is 0.303 e. The number of carbonyl (C=O) groups is 2. The summed E-state index contributed by atoms with van der Waals surface area (Å²) in [7, 11) is 0. The highest BCUT2D eigenvalue weighted by Crippen LogP contribution is 2.17. The molecule has 1 amide bonds. The number of aliphatic carboxylic acids is 1. The molecule has 0 spiro atoms. The molecule has 0 saturated heterocycles. The summed E-state index contributed by atoms with van der Waals surface area (Å²) in [5.74, 6) is -1.02. The summed E-state index contributed by atoms with van der Waals surface area (Å²) in [6.45, 7) is 3.60. The fourth-order valence-corrected chi connectivity index (χ4v) is 1.71. The van der Waals surface area contributed by atoms with Crippen LogP contribution in [0.3, 0.4) is 0 Å². The highest BCUT2D eigenvalue weighted by atomic mass is 32.1. The second-order valence-corrected chi connectivity index (χ2v) is 4.54. The summed E-state index contributed by atoms with van der Waals surface area (Å²) in [6, 6.07) is 0. The maximum atomic E-state index is 11.3. The van der Waals surface area contributed by atoms with Crippen molar-refractivity contribution >= 4 is 28.3 Å². The second kappa shape index (κ2) is 5.60. The van der Waals surface area contributed by atoms with Crippen molar-refractivity contribution in [3.63, 3.8) is 0 Å². The molecule has 0 bridgehead atoms. The second-order valence-electron chi connectivity index (χ2n) is 3.68. The van der Waals surface area contributed by atoms with Gasteiger partial charge in [-0.25, -0.2) is 4.98 Å². The molecule has 0 aliphatic rings. The van der Waals surface area contributed by atoms with E-state index in [2.05, 4.69) is 10.3 Å². The molecule has 88 valence electrons. The smallest absolute Gasteiger partial charge is 0.303 e. The van der Waals surface area contributed by atoms with Crippen LogP contribution in [-0.2, 0) is 16.0 Å². The normalized spacial score (nSPS) is 10.4. The first-order chi connectivity index (χ1) is 7.49. The number of anilines is 1. The largest absolute Gasteiger partial charge is 0.481 e. The minimum atomic E-state index is -0.847. The van der Waals surface area contributed by atoms with E-state index in [1.54, 1.807) is 19.2 Å². The molecule has 5 nitrogen and oxygen atoms in total. The molecule has 6 heteroatoms. The van der Waals surface area contributed by atoms with Crippen LogP contribution < -0.4 is 5.32 Å². The number of carboxylic acid groups (broad SMARTS) is 1. The Bertz CT molecular complexity index is 387. The number of hydrogen-bond acceptors (Lipinski definition) is 4. The Kier molecular flexibility index (Phi) is 4.42. The van der Waals surface area contributed by atoms with Crippen LogP contribution in [0.25, 0.3) is 0 Å². The first-order valence-corrected chi connectivity index (χ1v) is 5.84. The van der Waals surface area contributed by atoms with E-state index in [0.717, 1.165) is 0 Å². The van der Waals surface area contributed by atoms with Crippen molar-refractivity contribution in [1.29, 1.82) is 0 Å². The molecule has 1 rings (SSSR count). The minimum Gasteiger partial charge on any atom is -0.481 e. The number of aromatic nitrogens is 1. The van der Waals surface area contributed by atoms with Crippen molar-refractivity contribution < 1.29 is 14.7 Å². The summed E-state index contributed by atoms with van der Waals surface area (Å²) >= 11 is 1.31. The summed E-state index contributed by atoms with van der Waals surface area (Å²) in [4.78, 5) is 25.8. The number of nitrogens with zero attached hydrogens (tertiary/aromatic N) is 1. The van der Waals surface area contributed by atoms with Gasteiger partial charge in [0.2, 0.25) is 5.91 Å². The van der Waals surface area contributed by atoms with E-state index in [4.69, 9.17) is 5.11 Å². The van der Waals surface area contributed by atoms with Crippen LogP contribution in [0.1, 0.15) is 26.0 Å². The van der Waals surface area contributed by atoms with E-state index in [1.807, 2.05) is 0 Å². The van der Waals surface area contributed by atoms with Gasteiger partial charge in [0.1, 0.15) is 0 Å². The van der Waals surface area contributed by atoms with Crippen molar-refractivity contribution in [3.8, 4) is 0 Å². The SMILES string of the molecule is CC(C)C(=O)Nc1nc(CCC(=O)O)cs1. The number of carboxylic acids is 1. The maximum absolute atomic E-state index is 11.3. The van der Waals surface area contributed by atoms with E-state index in [-0.39, 0.29) is 18.2 Å². The molecule has 0 saturated carbocycles. The minimum absolute atomic E-state index is 0.0568. The number of nitrogens with one attached hydrogen (secondary N) is 1. The van der Waals surface area contributed by atoms with E-state index < -0.39 is 5.97 Å². The Hall–Kier alpha value is -1.43. The van der Waals surface area contributed by atoms with Crippen LogP contribution in [0.15, 0.2) is 5.38 Å². The quantitative estimate of drug-likeness (QED) is 0.824. The summed E-state index contributed by atoms with van der Waals surface area (Å²) in [6.07, 6.45) is 0.449. The van der Waals surface area contributed by atoms with Crippen LogP contribution in [0.4, 0.5) is 5.13 Å². The van der Waals surface area contributed by atoms with Gasteiger partial charge in [-0.3, -0.25) is 9.59 Å². The average molecular weight is 242 g/mol. The zero-order chi connectivity index (χ0) is 12.1. The lowest BCUT2D eigenvalue weighted by Gasteiger charge is -2.03. The van der Waals surface area contributed by atoms with Gasteiger partial charge in [0, 0.05) is 17.7 Å². The predicted molar refractivity (Wildman–Crippen MR) is 61.5 cm³/mol. The molecule has 0 radical (unpaired) electrons. The van der Waals surface area contributed by atoms with Gasteiger partial charge in [-0.15, -0.1) is 11.3 Å². The molecular weight excluding hydrogens is 228 g/mol. The molecule has 1 aromatic heterocycles. The number of amides is 1. The van der Waals surface area contributed by atoms with Crippen LogP contribution in [0.5, 0.6) is 0 Å². The zero-order valence-corrected chi connectivity index (χ0v) is 10.0. The first kappa shape index (κ1) is 12.6. The summed E-state index contributed by atoms with van der Waals surface area (Å²) in [5.41, 5.74) is 0.700. The van der Waals surface area contributed by atoms with Crippen LogP contribution in [0.2, 0.25) is 0 Å². The van der Waals surface area contributed by atoms with Gasteiger partial charge >= 0.3 is 5.97 Å². The van der Waals surface area contributed by atoms with Crippen LogP contribution >= 0.6 is 11.3 Å². The van der Waals surface area contributed by atoms with Gasteiger partial charge in [0.25, 0.3) is 0 Å². The van der Waals surface area contributed by atoms with Gasteiger partial charge in [-0.05, 0) is 0 Å². The summed E-state index contributed by atoms with van der Waals surface area (Å²) in [5, 5.41) is 13.5.